The molecule has 0 aromatic heterocycles. The zero-order valence-electron chi connectivity index (χ0n) is 18.9. The molecule has 32 heavy (non-hydrogen) atoms. The molecular weight excluding hydrogens is 405 g/mol. The summed E-state index contributed by atoms with van der Waals surface area (Å²) in [6.07, 6.45) is 0. The van der Waals surface area contributed by atoms with E-state index >= 15 is 0 Å². The first-order valence-corrected chi connectivity index (χ1v) is 10.3. The molecule has 3 aromatic rings. The van der Waals surface area contributed by atoms with Crippen molar-refractivity contribution in [3.8, 4) is 22.6 Å². The number of ether oxygens (including phenoxy) is 2. The fourth-order valence-corrected chi connectivity index (χ4v) is 4.32. The Morgan fingerprint density at radius 1 is 0.844 bits per heavy atom. The molecule has 2 N–H and O–H groups in total. The van der Waals surface area contributed by atoms with E-state index in [0.29, 0.717) is 28.4 Å². The molecule has 6 heteroatoms. The predicted octanol–water partition coefficient (Wildman–Crippen LogP) is 5.16. The number of rotatable bonds is 5. The molecule has 4 rings (SSSR count). The quantitative estimate of drug-likeness (QED) is 0.607. The lowest BCUT2D eigenvalue weighted by Gasteiger charge is -2.26. The van der Waals surface area contributed by atoms with Gasteiger partial charge in [0.15, 0.2) is 0 Å². The molecule has 0 amide bonds. The van der Waals surface area contributed by atoms with Crippen LogP contribution in [-0.2, 0) is 5.66 Å². The first kappa shape index (κ1) is 21.6. The second kappa shape index (κ2) is 8.11. The van der Waals surface area contributed by atoms with Crippen LogP contribution in [0.4, 0.5) is 4.39 Å². The number of methoxy groups -OCH3 is 2. The first-order chi connectivity index (χ1) is 15.3. The van der Waals surface area contributed by atoms with Crippen molar-refractivity contribution in [1.82, 2.24) is 0 Å². The zero-order chi connectivity index (χ0) is 23.0. The number of benzene rings is 3. The van der Waals surface area contributed by atoms with Crippen LogP contribution in [-0.4, -0.2) is 25.8 Å². The van der Waals surface area contributed by atoms with Crippen molar-refractivity contribution in [3.05, 3.63) is 82.7 Å². The van der Waals surface area contributed by atoms with Crippen LogP contribution in [0, 0.1) is 19.7 Å². The number of hydrogen-bond donors (Lipinski definition) is 1. The van der Waals surface area contributed by atoms with Crippen LogP contribution in [0.15, 0.2) is 64.6 Å². The molecule has 1 atom stereocenters. The van der Waals surface area contributed by atoms with E-state index in [-0.39, 0.29) is 5.82 Å². The second-order valence-electron chi connectivity index (χ2n) is 7.91. The Hall–Kier alpha value is -3.67. The molecule has 0 radical (unpaired) electrons. The van der Waals surface area contributed by atoms with E-state index in [1.165, 1.54) is 13.2 Å². The van der Waals surface area contributed by atoms with Gasteiger partial charge in [0.2, 0.25) is 5.66 Å². The summed E-state index contributed by atoms with van der Waals surface area (Å²) in [5.41, 5.74) is 10.4. The van der Waals surface area contributed by atoms with E-state index in [2.05, 4.69) is 0 Å². The fraction of sp³-hybridized carbons (Fsp3) is 0.231. The summed E-state index contributed by atoms with van der Waals surface area (Å²) in [6.45, 7) is 5.82. The van der Waals surface area contributed by atoms with E-state index in [1.54, 1.807) is 19.2 Å². The summed E-state index contributed by atoms with van der Waals surface area (Å²) in [4.78, 5) is 9.71. The minimum atomic E-state index is -1.07. The summed E-state index contributed by atoms with van der Waals surface area (Å²) < 4.78 is 25.8. The largest absolute Gasteiger partial charge is 0.496 e. The van der Waals surface area contributed by atoms with Crippen LogP contribution < -0.4 is 15.2 Å². The van der Waals surface area contributed by atoms with Crippen LogP contribution in [0.25, 0.3) is 11.1 Å². The van der Waals surface area contributed by atoms with E-state index in [9.17, 15) is 4.39 Å². The van der Waals surface area contributed by atoms with Crippen LogP contribution >= 0.6 is 0 Å². The molecule has 0 aliphatic carbocycles. The molecule has 1 unspecified atom stereocenters. The number of amidine groups is 1. The molecule has 1 aliphatic heterocycles. The Balaban J connectivity index is 1.97. The molecule has 5 nitrogen and oxygen atoms in total. The lowest BCUT2D eigenvalue weighted by atomic mass is 9.88. The molecule has 0 bridgehead atoms. The van der Waals surface area contributed by atoms with Crippen molar-refractivity contribution in [2.45, 2.75) is 26.4 Å². The van der Waals surface area contributed by atoms with Crippen molar-refractivity contribution >= 4 is 11.5 Å². The average molecular weight is 432 g/mol. The number of aryl methyl sites for hydroxylation is 2. The zero-order valence-corrected chi connectivity index (χ0v) is 18.9. The number of aliphatic imine (C=N–C) groups is 2. The average Bonchev–Trinajstić information content (AvgIpc) is 3.08. The van der Waals surface area contributed by atoms with Gasteiger partial charge in [-0.3, -0.25) is 0 Å². The van der Waals surface area contributed by atoms with Crippen LogP contribution in [0.1, 0.15) is 29.2 Å². The number of halogens is 1. The summed E-state index contributed by atoms with van der Waals surface area (Å²) in [5.74, 6) is 1.30. The Morgan fingerprint density at radius 2 is 1.53 bits per heavy atom. The number of nitrogens with two attached hydrogens (primary N) is 1. The lowest BCUT2D eigenvalue weighted by molar-refractivity contribution is 0.408. The third-order valence-electron chi connectivity index (χ3n) is 5.80. The van der Waals surface area contributed by atoms with Crippen molar-refractivity contribution in [1.29, 1.82) is 0 Å². The molecule has 0 spiro atoms. The molecule has 164 valence electrons. The van der Waals surface area contributed by atoms with Gasteiger partial charge in [-0.05, 0) is 67.8 Å². The molecular formula is C26H26FN3O2. The molecule has 0 saturated heterocycles. The van der Waals surface area contributed by atoms with Crippen LogP contribution in [0.2, 0.25) is 0 Å². The van der Waals surface area contributed by atoms with Gasteiger partial charge in [0.25, 0.3) is 0 Å². The topological polar surface area (TPSA) is 69.2 Å². The van der Waals surface area contributed by atoms with Crippen molar-refractivity contribution in [2.75, 3.05) is 14.2 Å². The summed E-state index contributed by atoms with van der Waals surface area (Å²) in [5, 5.41) is 0. The highest BCUT2D eigenvalue weighted by Gasteiger charge is 2.39. The minimum Gasteiger partial charge on any atom is -0.496 e. The molecule has 1 heterocycles. The Kier molecular flexibility index (Phi) is 5.46. The van der Waals surface area contributed by atoms with Gasteiger partial charge in [0, 0.05) is 11.1 Å². The highest BCUT2D eigenvalue weighted by atomic mass is 19.1. The van der Waals surface area contributed by atoms with E-state index in [1.807, 2.05) is 57.2 Å². The van der Waals surface area contributed by atoms with E-state index in [0.717, 1.165) is 28.0 Å². The summed E-state index contributed by atoms with van der Waals surface area (Å²) in [6, 6.07) is 16.4. The maximum absolute atomic E-state index is 14.8. The Morgan fingerprint density at radius 3 is 2.12 bits per heavy atom. The normalized spacial score (nSPS) is 17.7. The summed E-state index contributed by atoms with van der Waals surface area (Å²) in [7, 11) is 3.19. The highest BCUT2D eigenvalue weighted by Crippen LogP contribution is 2.43. The lowest BCUT2D eigenvalue weighted by Crippen LogP contribution is -2.23. The number of nitrogens with zero attached hydrogens (tertiary/aromatic N) is 2. The third kappa shape index (κ3) is 3.42. The van der Waals surface area contributed by atoms with E-state index in [4.69, 9.17) is 25.2 Å². The Labute approximate surface area is 187 Å². The standard InChI is InChI=1S/C26H26FN3O2/c1-15-12-20(13-16(2)24(15)32-5)26(29-17(3)25(28)30-26)19-9-6-8-18(14-19)23-21(27)10-7-11-22(23)31-4/h6-14H,1-5H3,(H2,28,30). The maximum atomic E-state index is 14.8. The number of hydrogen-bond acceptors (Lipinski definition) is 5. The smallest absolute Gasteiger partial charge is 0.204 e. The minimum absolute atomic E-state index is 0.360. The van der Waals surface area contributed by atoms with Crippen molar-refractivity contribution in [3.63, 3.8) is 0 Å². The van der Waals surface area contributed by atoms with Gasteiger partial charge in [0.1, 0.15) is 23.2 Å². The van der Waals surface area contributed by atoms with Crippen molar-refractivity contribution in [2.24, 2.45) is 15.7 Å². The highest BCUT2D eigenvalue weighted by molar-refractivity contribution is 6.41. The van der Waals surface area contributed by atoms with Gasteiger partial charge in [-0.15, -0.1) is 0 Å². The first-order valence-electron chi connectivity index (χ1n) is 10.3. The predicted molar refractivity (Wildman–Crippen MR) is 126 cm³/mol. The summed E-state index contributed by atoms with van der Waals surface area (Å²) >= 11 is 0. The fourth-order valence-electron chi connectivity index (χ4n) is 4.32. The van der Waals surface area contributed by atoms with Gasteiger partial charge in [-0.1, -0.05) is 24.3 Å². The van der Waals surface area contributed by atoms with Crippen molar-refractivity contribution < 1.29 is 13.9 Å². The second-order valence-corrected chi connectivity index (χ2v) is 7.91. The molecule has 3 aromatic carbocycles. The molecule has 0 saturated carbocycles. The van der Waals surface area contributed by atoms with E-state index < -0.39 is 5.66 Å². The van der Waals surface area contributed by atoms with Gasteiger partial charge in [0.05, 0.1) is 25.5 Å². The van der Waals surface area contributed by atoms with Crippen LogP contribution in [0.5, 0.6) is 11.5 Å². The SMILES string of the molecule is COc1cccc(F)c1-c1cccc(C2(c3cc(C)c(OC)c(C)c3)N=C(C)C(N)=N2)c1. The van der Waals surface area contributed by atoms with Crippen LogP contribution in [0.3, 0.4) is 0 Å². The van der Waals surface area contributed by atoms with Gasteiger partial charge in [-0.25, -0.2) is 14.4 Å². The van der Waals surface area contributed by atoms with Gasteiger partial charge in [-0.2, -0.15) is 0 Å². The molecule has 1 aliphatic rings. The molecule has 0 fully saturated rings. The third-order valence-corrected chi connectivity index (χ3v) is 5.80. The Bertz CT molecular complexity index is 1220. The maximum Gasteiger partial charge on any atom is 0.204 e. The van der Waals surface area contributed by atoms with Gasteiger partial charge < -0.3 is 15.2 Å². The van der Waals surface area contributed by atoms with Gasteiger partial charge >= 0.3 is 0 Å². The monoisotopic (exact) mass is 431 g/mol.